The molecule has 13 nitrogen and oxygen atoms in total. The van der Waals surface area contributed by atoms with Crippen LogP contribution in [0.4, 0.5) is 0 Å². The monoisotopic (exact) mass is 1900 g/mol. The molecule has 2 unspecified atom stereocenters. The van der Waals surface area contributed by atoms with Gasteiger partial charge in [0.25, 0.3) is 0 Å². The molecular weight excluding hydrogens is 1810 g/mol. The molecule has 9 aromatic heterocycles. The van der Waals surface area contributed by atoms with Crippen LogP contribution in [0.1, 0.15) is 65.6 Å². The number of nitrogens with zero attached hydrogens (tertiary/aromatic N) is 9. The van der Waals surface area contributed by atoms with Crippen molar-refractivity contribution >= 4 is 137 Å². The molecule has 10 heterocycles. The smallest absolute Gasteiger partial charge is 0.164 e. The molecule has 0 fully saturated rings. The number of para-hydroxylation sites is 8. The van der Waals surface area contributed by atoms with Crippen LogP contribution >= 0.6 is 0 Å². The number of rotatable bonds is 15. The van der Waals surface area contributed by atoms with Crippen molar-refractivity contribution in [2.24, 2.45) is 4.99 Å². The van der Waals surface area contributed by atoms with Crippen molar-refractivity contribution in [1.82, 2.24) is 39.9 Å². The summed E-state index contributed by atoms with van der Waals surface area (Å²) in [6, 6.07) is 141. The van der Waals surface area contributed by atoms with E-state index in [1.165, 1.54) is 60.1 Å². The van der Waals surface area contributed by atoms with Gasteiger partial charge in [-0.15, -0.1) is 0 Å². The van der Waals surface area contributed by atoms with E-state index < -0.39 is 0 Å². The van der Waals surface area contributed by atoms with Crippen LogP contribution in [0.25, 0.3) is 244 Å². The largest absolute Gasteiger partial charge is 0.456 e. The third-order valence-electron chi connectivity index (χ3n) is 28.9. The van der Waals surface area contributed by atoms with Gasteiger partial charge in [-0.1, -0.05) is 358 Å². The fraction of sp³-hybridized carbons (Fsp3) is 0.0444. The average molecular weight is 1900 g/mol. The quantitative estimate of drug-likeness (QED) is 0.0892. The number of allylic oxidation sites excluding steroid dienone is 9. The molecule has 29 rings (SSSR count). The highest BCUT2D eigenvalue weighted by Gasteiger charge is 2.28. The van der Waals surface area contributed by atoms with Crippen LogP contribution in [0, 0.1) is 0 Å². The average Bonchev–Trinajstić information content (AvgIpc) is 1.68. The van der Waals surface area contributed by atoms with Crippen LogP contribution in [0.3, 0.4) is 0 Å². The summed E-state index contributed by atoms with van der Waals surface area (Å²) in [5, 5.41) is 16.2. The summed E-state index contributed by atoms with van der Waals surface area (Å²) >= 11 is 0. The number of hydrogen-bond donors (Lipinski definition) is 0. The molecule has 0 radical (unpaired) electrons. The predicted molar refractivity (Wildman–Crippen MR) is 604 cm³/mol. The highest BCUT2D eigenvalue weighted by molar-refractivity contribution is 6.16. The molecule has 0 N–H and O–H groups in total. The molecule has 0 saturated carbocycles. The van der Waals surface area contributed by atoms with Gasteiger partial charge in [0.1, 0.15) is 44.7 Å². The van der Waals surface area contributed by atoms with Crippen molar-refractivity contribution in [3.05, 3.63) is 508 Å². The Morgan fingerprint density at radius 3 is 1.36 bits per heavy atom. The minimum absolute atomic E-state index is 0.0560. The maximum Gasteiger partial charge on any atom is 0.164 e. The molecule has 0 saturated heterocycles. The van der Waals surface area contributed by atoms with Crippen LogP contribution in [0.15, 0.2) is 503 Å². The third kappa shape index (κ3) is 16.5. The number of aromatic nitrogens is 8. The van der Waals surface area contributed by atoms with Crippen molar-refractivity contribution in [3.63, 3.8) is 0 Å². The molecule has 2 atom stereocenters. The van der Waals surface area contributed by atoms with Gasteiger partial charge < -0.3 is 17.7 Å². The highest BCUT2D eigenvalue weighted by atomic mass is 16.3. The fourth-order valence-corrected chi connectivity index (χ4v) is 21.6. The molecule has 3 aliphatic rings. The molecule has 698 valence electrons. The Labute approximate surface area is 851 Å². The van der Waals surface area contributed by atoms with Gasteiger partial charge in [-0.3, -0.25) is 15.0 Å². The Hall–Kier alpha value is -19.4. The number of benzene rings is 17. The van der Waals surface area contributed by atoms with E-state index in [0.29, 0.717) is 17.5 Å². The first-order valence-electron chi connectivity index (χ1n) is 50.2. The zero-order valence-electron chi connectivity index (χ0n) is 80.3. The highest BCUT2D eigenvalue weighted by Crippen LogP contribution is 2.47. The van der Waals surface area contributed by atoms with Gasteiger partial charge in [-0.05, 0) is 199 Å². The number of hydrogen-bond acceptors (Lipinski definition) is 13. The number of furan rings is 4. The second-order valence-electron chi connectivity index (χ2n) is 37.9. The Bertz CT molecular complexity index is 9820. The first kappa shape index (κ1) is 87.6. The van der Waals surface area contributed by atoms with Crippen molar-refractivity contribution in [3.8, 4) is 113 Å². The molecule has 0 bridgehead atoms. The zero-order chi connectivity index (χ0) is 97.9. The van der Waals surface area contributed by atoms with Gasteiger partial charge in [0.05, 0.1) is 45.3 Å². The Morgan fingerprint density at radius 1 is 0.270 bits per heavy atom. The van der Waals surface area contributed by atoms with Crippen molar-refractivity contribution in [2.45, 2.75) is 37.5 Å². The zero-order valence-corrected chi connectivity index (χ0v) is 80.3. The molecule has 0 spiro atoms. The number of fused-ring (bicyclic) bond motifs is 16. The van der Waals surface area contributed by atoms with E-state index >= 15 is 0 Å². The standard InChI is InChI=1S/C49H35N3O.C47H29N3O.C39H25N3O2/c1-2-14-39-32(10-1)11-8-16-40(39)33-23-27-36(28-24-33)49-51-45(31-46(52-49)38-13-7-12-37(30-38)44-19-5-6-29-50-44)35-25-21-34(22-26-35)41-17-9-18-43-42-15-3-4-20-47(42)53-48(41)43;1-2-14-36-33(10-1)27-42(38-16-4-3-15-37(36)38)30-21-23-31(24-22-30)43-28-44(34-12-7-11-32(26-34)35-13-9-25-48-29-35)50-47(49-43)41-19-8-18-40-39-17-5-6-20-45(39)51-46(40)41;1-3-18-35-27(12-1)29-14-6-16-31(37(29)43-35)34-22-33(25-10-5-9-24(21-25)26-11-8-20-40-23-26)41-39(42-34)32-17-7-15-30-28-13-2-4-19-36(28)44-38(30)32/h1-4,6-18,20-21,23-31,34H,5,19,22H2;1-29H;1-20,22-23,25H,21H2. The summed E-state index contributed by atoms with van der Waals surface area (Å²) in [7, 11) is 0. The van der Waals surface area contributed by atoms with E-state index in [9.17, 15) is 0 Å². The second kappa shape index (κ2) is 37.8. The van der Waals surface area contributed by atoms with Crippen LogP contribution < -0.4 is 0 Å². The van der Waals surface area contributed by atoms with Crippen molar-refractivity contribution < 1.29 is 17.7 Å². The minimum atomic E-state index is 0.0560. The van der Waals surface area contributed by atoms with Crippen LogP contribution in [0.2, 0.25) is 0 Å². The molecule has 0 amide bonds. The van der Waals surface area contributed by atoms with E-state index in [4.69, 9.17) is 47.6 Å². The SMILES string of the molecule is C1=CC(c2cc(-c3cccc4c3oc3ccccc34)nc(-c3cccc4c3oc3ccccc34)n2)CC(c2cccnc2)=C1.C1=CN=C(c2cccc(-c3cc(C4=CCC(c5cccc6c5oc5ccccc56)C=C4)nc(-c4ccc(-c5cccc6ccccc56)cc4)n3)c2)CC1.c1cncc(-c2cccc(-c3cc(-c4ccc(-c5cc6ccccc6c6ccccc56)cc4)nc(-c4cccc5c4oc4ccccc45)n3)c2)c1. The molecule has 1 aliphatic heterocycles. The lowest BCUT2D eigenvalue weighted by Crippen LogP contribution is -2.06. The lowest BCUT2D eigenvalue weighted by Gasteiger charge is -2.20. The van der Waals surface area contributed by atoms with E-state index in [0.717, 1.165) is 226 Å². The van der Waals surface area contributed by atoms with Crippen LogP contribution in [-0.2, 0) is 0 Å². The summed E-state index contributed by atoms with van der Waals surface area (Å²) in [6.07, 6.45) is 28.4. The summed E-state index contributed by atoms with van der Waals surface area (Å²) in [5.74, 6) is 2.20. The summed E-state index contributed by atoms with van der Waals surface area (Å²) < 4.78 is 25.7. The van der Waals surface area contributed by atoms with Crippen molar-refractivity contribution in [2.75, 3.05) is 0 Å². The van der Waals surface area contributed by atoms with Gasteiger partial charge in [-0.2, -0.15) is 0 Å². The summed E-state index contributed by atoms with van der Waals surface area (Å²) in [6.45, 7) is 0. The van der Waals surface area contributed by atoms with Crippen LogP contribution in [-0.4, -0.2) is 45.6 Å². The molecule has 17 aromatic carbocycles. The summed E-state index contributed by atoms with van der Waals surface area (Å²) in [4.78, 5) is 44.6. The van der Waals surface area contributed by atoms with Gasteiger partial charge in [0.15, 0.2) is 17.5 Å². The lowest BCUT2D eigenvalue weighted by atomic mass is 9.88. The molecule has 26 aromatic rings. The van der Waals surface area contributed by atoms with Gasteiger partial charge in [0, 0.05) is 131 Å². The lowest BCUT2D eigenvalue weighted by molar-refractivity contribution is 0.657. The van der Waals surface area contributed by atoms with Gasteiger partial charge in [-0.25, -0.2) is 29.9 Å². The Morgan fingerprint density at radius 2 is 0.730 bits per heavy atom. The summed E-state index contributed by atoms with van der Waals surface area (Å²) in [5.41, 5.74) is 32.5. The number of pyridine rings is 2. The Kier molecular flexibility index (Phi) is 22.4. The molecule has 2 aliphatic carbocycles. The normalized spacial score (nSPS) is 14.0. The molecule has 13 heteroatoms. The third-order valence-corrected chi connectivity index (χ3v) is 28.9. The second-order valence-corrected chi connectivity index (χ2v) is 37.9. The first-order valence-corrected chi connectivity index (χ1v) is 50.2. The van der Waals surface area contributed by atoms with E-state index in [2.05, 4.69) is 373 Å². The maximum atomic E-state index is 6.45. The van der Waals surface area contributed by atoms with E-state index in [1.54, 1.807) is 12.4 Å². The Balaban J connectivity index is 0.000000110. The van der Waals surface area contributed by atoms with Gasteiger partial charge >= 0.3 is 0 Å². The van der Waals surface area contributed by atoms with Crippen molar-refractivity contribution in [1.29, 1.82) is 0 Å². The number of aliphatic imine (C=N–C) groups is 1. The predicted octanol–water partition coefficient (Wildman–Crippen LogP) is 35.3. The first-order chi connectivity index (χ1) is 73.3. The van der Waals surface area contributed by atoms with E-state index in [1.807, 2.05) is 110 Å². The van der Waals surface area contributed by atoms with Crippen LogP contribution in [0.5, 0.6) is 0 Å². The van der Waals surface area contributed by atoms with Gasteiger partial charge in [0.2, 0.25) is 0 Å². The fourth-order valence-electron chi connectivity index (χ4n) is 21.6. The molecular formula is C135H89N9O4. The molecule has 148 heavy (non-hydrogen) atoms. The van der Waals surface area contributed by atoms with E-state index in [-0.39, 0.29) is 11.8 Å². The topological polar surface area (TPSA) is 168 Å². The maximum absolute atomic E-state index is 6.45. The minimum Gasteiger partial charge on any atom is -0.456 e.